The van der Waals surface area contributed by atoms with E-state index in [1.807, 2.05) is 0 Å². The average molecular weight is 235 g/mol. The number of rotatable bonds is 3. The first-order valence-electron chi connectivity index (χ1n) is 5.30. The van der Waals surface area contributed by atoms with E-state index in [0.717, 1.165) is 0 Å². The Morgan fingerprint density at radius 2 is 1.80 bits per heavy atom. The summed E-state index contributed by atoms with van der Waals surface area (Å²) >= 11 is 0. The van der Waals surface area contributed by atoms with Gasteiger partial charge in [-0.25, -0.2) is 12.7 Å². The summed E-state index contributed by atoms with van der Waals surface area (Å²) in [6, 6.07) is 0. The van der Waals surface area contributed by atoms with E-state index in [4.69, 9.17) is 11.5 Å². The topological polar surface area (TPSA) is 89.4 Å². The van der Waals surface area contributed by atoms with Crippen LogP contribution < -0.4 is 11.5 Å². The fraction of sp³-hybridized carbons (Fsp3) is 1.00. The lowest BCUT2D eigenvalue weighted by Gasteiger charge is -2.38. The maximum atomic E-state index is 11.8. The van der Waals surface area contributed by atoms with Crippen molar-refractivity contribution in [3.05, 3.63) is 0 Å². The summed E-state index contributed by atoms with van der Waals surface area (Å²) in [5.41, 5.74) is 11.2. The highest BCUT2D eigenvalue weighted by atomic mass is 32.2. The van der Waals surface area contributed by atoms with Gasteiger partial charge in [-0.3, -0.25) is 0 Å². The molecule has 0 aromatic rings. The molecule has 15 heavy (non-hydrogen) atoms. The van der Waals surface area contributed by atoms with E-state index in [1.54, 1.807) is 13.8 Å². The van der Waals surface area contributed by atoms with Gasteiger partial charge in [0, 0.05) is 25.2 Å². The van der Waals surface area contributed by atoms with Crippen LogP contribution in [0.3, 0.4) is 0 Å². The molecule has 0 atom stereocenters. The lowest BCUT2D eigenvalue weighted by molar-refractivity contribution is 0.240. The van der Waals surface area contributed by atoms with Crippen molar-refractivity contribution in [3.63, 3.8) is 0 Å². The molecular weight excluding hydrogens is 214 g/mol. The standard InChI is InChI=1S/C9H21N3O2S/c1-8(2)15(13,14)12-5-3-9(11,7-10)4-6-12/h8H,3-7,10-11H2,1-2H3. The van der Waals surface area contributed by atoms with Crippen LogP contribution in [0.2, 0.25) is 0 Å². The van der Waals surface area contributed by atoms with Gasteiger partial charge in [-0.1, -0.05) is 0 Å². The van der Waals surface area contributed by atoms with Gasteiger partial charge >= 0.3 is 0 Å². The van der Waals surface area contributed by atoms with Crippen LogP contribution in [0, 0.1) is 0 Å². The van der Waals surface area contributed by atoms with Crippen molar-refractivity contribution in [3.8, 4) is 0 Å². The van der Waals surface area contributed by atoms with Crippen molar-refractivity contribution < 1.29 is 8.42 Å². The van der Waals surface area contributed by atoms with E-state index >= 15 is 0 Å². The molecule has 0 bridgehead atoms. The third-order valence-corrected chi connectivity index (χ3v) is 5.36. The summed E-state index contributed by atoms with van der Waals surface area (Å²) in [6.07, 6.45) is 1.30. The van der Waals surface area contributed by atoms with Crippen LogP contribution in [0.1, 0.15) is 26.7 Å². The predicted octanol–water partition coefficient (Wildman–Crippen LogP) is -0.523. The third kappa shape index (κ3) is 2.69. The van der Waals surface area contributed by atoms with Crippen molar-refractivity contribution in [2.45, 2.75) is 37.5 Å². The van der Waals surface area contributed by atoms with Crippen molar-refractivity contribution in [2.75, 3.05) is 19.6 Å². The molecule has 0 spiro atoms. The number of sulfonamides is 1. The Kier molecular flexibility index (Phi) is 3.76. The summed E-state index contributed by atoms with van der Waals surface area (Å²) in [4.78, 5) is 0. The molecule has 0 amide bonds. The summed E-state index contributed by atoms with van der Waals surface area (Å²) in [5, 5.41) is -0.361. The molecule has 1 aliphatic rings. The molecular formula is C9H21N3O2S. The van der Waals surface area contributed by atoms with E-state index in [1.165, 1.54) is 4.31 Å². The van der Waals surface area contributed by atoms with Gasteiger partial charge < -0.3 is 11.5 Å². The van der Waals surface area contributed by atoms with Crippen LogP contribution in [0.15, 0.2) is 0 Å². The molecule has 90 valence electrons. The van der Waals surface area contributed by atoms with E-state index in [2.05, 4.69) is 0 Å². The minimum Gasteiger partial charge on any atom is -0.329 e. The van der Waals surface area contributed by atoms with Crippen LogP contribution in [0.25, 0.3) is 0 Å². The van der Waals surface area contributed by atoms with Gasteiger partial charge in [0.1, 0.15) is 0 Å². The van der Waals surface area contributed by atoms with Gasteiger partial charge in [0.15, 0.2) is 0 Å². The highest BCUT2D eigenvalue weighted by Crippen LogP contribution is 2.22. The fourth-order valence-corrected chi connectivity index (χ4v) is 2.98. The highest BCUT2D eigenvalue weighted by molar-refractivity contribution is 7.89. The lowest BCUT2D eigenvalue weighted by atomic mass is 9.90. The number of piperidine rings is 1. The first kappa shape index (κ1) is 12.9. The summed E-state index contributed by atoms with van der Waals surface area (Å²) in [5.74, 6) is 0. The molecule has 0 aliphatic carbocycles. The second kappa shape index (κ2) is 4.37. The van der Waals surface area contributed by atoms with Gasteiger partial charge in [0.2, 0.25) is 10.0 Å². The van der Waals surface area contributed by atoms with E-state index < -0.39 is 10.0 Å². The van der Waals surface area contributed by atoms with Crippen LogP contribution in [-0.4, -0.2) is 43.1 Å². The number of hydrogen-bond donors (Lipinski definition) is 2. The zero-order valence-electron chi connectivity index (χ0n) is 9.44. The number of nitrogens with two attached hydrogens (primary N) is 2. The predicted molar refractivity (Wildman–Crippen MR) is 60.8 cm³/mol. The molecule has 1 heterocycles. The Labute approximate surface area is 91.9 Å². The summed E-state index contributed by atoms with van der Waals surface area (Å²) < 4.78 is 25.2. The quantitative estimate of drug-likeness (QED) is 0.688. The Morgan fingerprint density at radius 3 is 2.13 bits per heavy atom. The zero-order valence-corrected chi connectivity index (χ0v) is 10.3. The molecule has 1 saturated heterocycles. The Morgan fingerprint density at radius 1 is 1.33 bits per heavy atom. The summed E-state index contributed by atoms with van der Waals surface area (Å²) in [6.45, 7) is 4.80. The van der Waals surface area contributed by atoms with Gasteiger partial charge in [-0.15, -0.1) is 0 Å². The first-order valence-corrected chi connectivity index (χ1v) is 6.80. The molecule has 1 aliphatic heterocycles. The second-order valence-corrected chi connectivity index (χ2v) is 7.05. The van der Waals surface area contributed by atoms with Crippen molar-refractivity contribution in [1.29, 1.82) is 0 Å². The maximum absolute atomic E-state index is 11.8. The number of nitrogens with zero attached hydrogens (tertiary/aromatic N) is 1. The molecule has 5 nitrogen and oxygen atoms in total. The smallest absolute Gasteiger partial charge is 0.216 e. The number of hydrogen-bond acceptors (Lipinski definition) is 4. The SMILES string of the molecule is CC(C)S(=O)(=O)N1CCC(N)(CN)CC1. The maximum Gasteiger partial charge on any atom is 0.216 e. The van der Waals surface area contributed by atoms with Gasteiger partial charge in [0.05, 0.1) is 5.25 Å². The normalized spacial score (nSPS) is 23.3. The Balaban J connectivity index is 2.66. The van der Waals surface area contributed by atoms with Crippen molar-refractivity contribution in [2.24, 2.45) is 11.5 Å². The fourth-order valence-electron chi connectivity index (χ4n) is 1.69. The summed E-state index contributed by atoms with van der Waals surface area (Å²) in [7, 11) is -3.12. The van der Waals surface area contributed by atoms with Crippen molar-refractivity contribution >= 4 is 10.0 Å². The van der Waals surface area contributed by atoms with Crippen LogP contribution >= 0.6 is 0 Å². The van der Waals surface area contributed by atoms with Crippen LogP contribution in [0.4, 0.5) is 0 Å². The Hall–Kier alpha value is -0.170. The van der Waals surface area contributed by atoms with Crippen LogP contribution in [0.5, 0.6) is 0 Å². The molecule has 6 heteroatoms. The molecule has 1 fully saturated rings. The van der Waals surface area contributed by atoms with E-state index in [9.17, 15) is 8.42 Å². The molecule has 0 saturated carbocycles. The van der Waals surface area contributed by atoms with Gasteiger partial charge in [0.25, 0.3) is 0 Å². The lowest BCUT2D eigenvalue weighted by Crippen LogP contribution is -2.56. The zero-order chi connectivity index (χ0) is 11.7. The highest BCUT2D eigenvalue weighted by Gasteiger charge is 2.35. The molecule has 0 radical (unpaired) electrons. The average Bonchev–Trinajstić information content (AvgIpc) is 2.18. The molecule has 0 aromatic carbocycles. The minimum absolute atomic E-state index is 0.361. The van der Waals surface area contributed by atoms with E-state index in [-0.39, 0.29) is 10.8 Å². The largest absolute Gasteiger partial charge is 0.329 e. The molecule has 0 unspecified atom stereocenters. The molecule has 1 rings (SSSR count). The van der Waals surface area contributed by atoms with Gasteiger partial charge in [-0.2, -0.15) is 0 Å². The monoisotopic (exact) mass is 235 g/mol. The second-order valence-electron chi connectivity index (χ2n) is 4.56. The Bertz CT molecular complexity index is 305. The third-order valence-electron chi connectivity index (χ3n) is 3.08. The molecule has 4 N–H and O–H groups in total. The van der Waals surface area contributed by atoms with E-state index in [0.29, 0.717) is 32.5 Å². The first-order chi connectivity index (χ1) is 6.82. The van der Waals surface area contributed by atoms with Crippen LogP contribution in [-0.2, 0) is 10.0 Å². The van der Waals surface area contributed by atoms with Crippen molar-refractivity contribution in [1.82, 2.24) is 4.31 Å². The molecule has 0 aromatic heterocycles. The minimum atomic E-state index is -3.12. The van der Waals surface area contributed by atoms with Gasteiger partial charge in [-0.05, 0) is 26.7 Å².